The Labute approximate surface area is 117 Å². The van der Waals surface area contributed by atoms with Gasteiger partial charge in [0.1, 0.15) is 5.82 Å². The van der Waals surface area contributed by atoms with E-state index in [1.807, 2.05) is 37.3 Å². The molecular weight excluding hydrogens is 249 g/mol. The molecule has 0 heterocycles. The maximum absolute atomic E-state index is 14.3. The number of benzene rings is 3. The Balaban J connectivity index is 2.36. The second-order valence-electron chi connectivity index (χ2n) is 5.16. The lowest BCUT2D eigenvalue weighted by molar-refractivity contribution is 0.630. The van der Waals surface area contributed by atoms with E-state index in [1.54, 1.807) is 6.07 Å². The fourth-order valence-electron chi connectivity index (χ4n) is 2.58. The summed E-state index contributed by atoms with van der Waals surface area (Å²) >= 11 is 0. The first kappa shape index (κ1) is 12.7. The van der Waals surface area contributed by atoms with Gasteiger partial charge in [0.25, 0.3) is 0 Å². The second-order valence-corrected chi connectivity index (χ2v) is 5.16. The van der Waals surface area contributed by atoms with Gasteiger partial charge in [-0.1, -0.05) is 36.4 Å². The lowest BCUT2D eigenvalue weighted by Gasteiger charge is -2.12. The van der Waals surface area contributed by atoms with Crippen molar-refractivity contribution in [2.24, 2.45) is 0 Å². The van der Waals surface area contributed by atoms with Crippen LogP contribution in [-0.2, 0) is 0 Å². The number of nitrogens with two attached hydrogens (primary N) is 1. The highest BCUT2D eigenvalue weighted by molar-refractivity contribution is 5.98. The van der Waals surface area contributed by atoms with Gasteiger partial charge in [0, 0.05) is 11.3 Å². The van der Waals surface area contributed by atoms with Crippen molar-refractivity contribution in [3.05, 3.63) is 65.5 Å². The van der Waals surface area contributed by atoms with Gasteiger partial charge < -0.3 is 5.73 Å². The van der Waals surface area contributed by atoms with Crippen molar-refractivity contribution in [3.8, 4) is 11.1 Å². The van der Waals surface area contributed by atoms with Crippen LogP contribution in [0, 0.1) is 19.7 Å². The Kier molecular flexibility index (Phi) is 2.94. The number of aryl methyl sites for hydroxylation is 2. The Bertz CT molecular complexity index is 806. The number of fused-ring (bicyclic) bond motifs is 1. The van der Waals surface area contributed by atoms with Gasteiger partial charge in [-0.05, 0) is 53.4 Å². The molecule has 0 aliphatic rings. The summed E-state index contributed by atoms with van der Waals surface area (Å²) in [4.78, 5) is 0. The van der Waals surface area contributed by atoms with E-state index in [2.05, 4.69) is 13.0 Å². The van der Waals surface area contributed by atoms with E-state index in [4.69, 9.17) is 5.73 Å². The van der Waals surface area contributed by atoms with E-state index in [0.29, 0.717) is 11.3 Å². The molecule has 0 fully saturated rings. The summed E-state index contributed by atoms with van der Waals surface area (Å²) < 4.78 is 14.3. The third-order valence-corrected chi connectivity index (χ3v) is 3.79. The number of nitrogen functional groups attached to an aromatic ring is 1. The lowest BCUT2D eigenvalue weighted by Crippen LogP contribution is -1.94. The first-order chi connectivity index (χ1) is 9.58. The Morgan fingerprint density at radius 1 is 0.800 bits per heavy atom. The molecule has 0 spiro atoms. The molecule has 0 aromatic heterocycles. The van der Waals surface area contributed by atoms with Crippen LogP contribution in [-0.4, -0.2) is 0 Å². The predicted molar refractivity (Wildman–Crippen MR) is 83.2 cm³/mol. The molecule has 0 saturated heterocycles. The minimum atomic E-state index is -0.231. The largest absolute Gasteiger partial charge is 0.398 e. The van der Waals surface area contributed by atoms with E-state index in [1.165, 1.54) is 11.6 Å². The molecule has 20 heavy (non-hydrogen) atoms. The summed E-state index contributed by atoms with van der Waals surface area (Å²) in [5, 5.41) is 2.19. The zero-order chi connectivity index (χ0) is 14.3. The number of halogens is 1. The highest BCUT2D eigenvalue weighted by Gasteiger charge is 2.11. The van der Waals surface area contributed by atoms with Crippen molar-refractivity contribution < 1.29 is 4.39 Å². The molecule has 3 rings (SSSR count). The van der Waals surface area contributed by atoms with Crippen LogP contribution in [0.5, 0.6) is 0 Å². The summed E-state index contributed by atoms with van der Waals surface area (Å²) in [6.45, 7) is 3.88. The SMILES string of the molecule is Cc1cc(F)c(-c2ccc(C)c3ccccc23)cc1N. The van der Waals surface area contributed by atoms with Gasteiger partial charge in [-0.3, -0.25) is 0 Å². The van der Waals surface area contributed by atoms with Crippen molar-refractivity contribution in [2.45, 2.75) is 13.8 Å². The second kappa shape index (κ2) is 4.64. The topological polar surface area (TPSA) is 26.0 Å². The van der Waals surface area contributed by atoms with Crippen LogP contribution in [0.4, 0.5) is 10.1 Å². The van der Waals surface area contributed by atoms with E-state index < -0.39 is 0 Å². The predicted octanol–water partition coefficient (Wildman–Crippen LogP) is 4.84. The summed E-state index contributed by atoms with van der Waals surface area (Å²) in [5.41, 5.74) is 9.95. The minimum Gasteiger partial charge on any atom is -0.398 e. The molecule has 0 aliphatic heterocycles. The highest BCUT2D eigenvalue weighted by Crippen LogP contribution is 2.34. The maximum atomic E-state index is 14.3. The summed E-state index contributed by atoms with van der Waals surface area (Å²) in [6.07, 6.45) is 0. The first-order valence-electron chi connectivity index (χ1n) is 6.62. The first-order valence-corrected chi connectivity index (χ1v) is 6.62. The van der Waals surface area contributed by atoms with Crippen molar-refractivity contribution in [1.82, 2.24) is 0 Å². The molecule has 0 unspecified atom stereocenters. The summed E-state index contributed by atoms with van der Waals surface area (Å²) in [7, 11) is 0. The van der Waals surface area contributed by atoms with Gasteiger partial charge in [0.05, 0.1) is 0 Å². The molecule has 0 amide bonds. The summed E-state index contributed by atoms with van der Waals surface area (Å²) in [5.74, 6) is -0.231. The molecule has 2 N–H and O–H groups in total. The molecule has 100 valence electrons. The van der Waals surface area contributed by atoms with E-state index >= 15 is 0 Å². The van der Waals surface area contributed by atoms with Crippen molar-refractivity contribution in [3.63, 3.8) is 0 Å². The number of rotatable bonds is 1. The molecule has 0 saturated carbocycles. The summed E-state index contributed by atoms with van der Waals surface area (Å²) in [6, 6.07) is 15.3. The normalized spacial score (nSPS) is 10.9. The third kappa shape index (κ3) is 1.94. The van der Waals surface area contributed by atoms with E-state index in [-0.39, 0.29) is 5.82 Å². The third-order valence-electron chi connectivity index (χ3n) is 3.79. The Morgan fingerprint density at radius 2 is 1.50 bits per heavy atom. The van der Waals surface area contributed by atoms with Crippen LogP contribution in [0.25, 0.3) is 21.9 Å². The van der Waals surface area contributed by atoms with E-state index in [0.717, 1.165) is 21.9 Å². The van der Waals surface area contributed by atoms with E-state index in [9.17, 15) is 4.39 Å². The van der Waals surface area contributed by atoms with Crippen LogP contribution < -0.4 is 5.73 Å². The van der Waals surface area contributed by atoms with Crippen LogP contribution in [0.2, 0.25) is 0 Å². The molecule has 0 aliphatic carbocycles. The fourth-order valence-corrected chi connectivity index (χ4v) is 2.58. The van der Waals surface area contributed by atoms with Crippen LogP contribution in [0.15, 0.2) is 48.5 Å². The molecule has 0 radical (unpaired) electrons. The van der Waals surface area contributed by atoms with Crippen molar-refractivity contribution >= 4 is 16.5 Å². The van der Waals surface area contributed by atoms with Crippen LogP contribution >= 0.6 is 0 Å². The average molecular weight is 265 g/mol. The van der Waals surface area contributed by atoms with Gasteiger partial charge in [-0.2, -0.15) is 0 Å². The number of hydrogen-bond acceptors (Lipinski definition) is 1. The highest BCUT2D eigenvalue weighted by atomic mass is 19.1. The Morgan fingerprint density at radius 3 is 2.25 bits per heavy atom. The van der Waals surface area contributed by atoms with Gasteiger partial charge >= 0.3 is 0 Å². The monoisotopic (exact) mass is 265 g/mol. The number of anilines is 1. The molecule has 3 aromatic rings. The zero-order valence-corrected chi connectivity index (χ0v) is 11.6. The maximum Gasteiger partial charge on any atom is 0.131 e. The molecule has 0 bridgehead atoms. The van der Waals surface area contributed by atoms with Crippen LogP contribution in [0.1, 0.15) is 11.1 Å². The number of hydrogen-bond donors (Lipinski definition) is 1. The van der Waals surface area contributed by atoms with Gasteiger partial charge in [-0.15, -0.1) is 0 Å². The molecule has 3 aromatic carbocycles. The zero-order valence-electron chi connectivity index (χ0n) is 11.6. The van der Waals surface area contributed by atoms with Crippen molar-refractivity contribution in [2.75, 3.05) is 5.73 Å². The van der Waals surface area contributed by atoms with Gasteiger partial charge in [-0.25, -0.2) is 4.39 Å². The van der Waals surface area contributed by atoms with Crippen LogP contribution in [0.3, 0.4) is 0 Å². The average Bonchev–Trinajstić information content (AvgIpc) is 2.44. The fraction of sp³-hybridized carbons (Fsp3) is 0.111. The molecule has 0 atom stereocenters. The molecular formula is C18H16FN. The molecule has 1 nitrogen and oxygen atoms in total. The minimum absolute atomic E-state index is 0.231. The Hall–Kier alpha value is -2.35. The van der Waals surface area contributed by atoms with Gasteiger partial charge in [0.15, 0.2) is 0 Å². The standard InChI is InChI=1S/C18H16FN/c1-11-7-8-15(14-6-4-3-5-13(11)14)16-10-18(20)12(2)9-17(16)19/h3-10H,20H2,1-2H3. The smallest absolute Gasteiger partial charge is 0.131 e. The molecule has 2 heteroatoms. The van der Waals surface area contributed by atoms with Gasteiger partial charge in [0.2, 0.25) is 0 Å². The van der Waals surface area contributed by atoms with Crippen molar-refractivity contribution in [1.29, 1.82) is 0 Å². The quantitative estimate of drug-likeness (QED) is 0.626. The lowest BCUT2D eigenvalue weighted by atomic mass is 9.94.